The predicted molar refractivity (Wildman–Crippen MR) is 27.6 cm³/mol. The van der Waals surface area contributed by atoms with Crippen molar-refractivity contribution in [2.75, 3.05) is 6.16 Å². The molecule has 0 aliphatic heterocycles. The monoisotopic (exact) mass is 178 g/mol. The van der Waals surface area contributed by atoms with Gasteiger partial charge >= 0.3 is 13.8 Å². The first-order chi connectivity index (χ1) is 4.21. The van der Waals surface area contributed by atoms with E-state index in [1.54, 1.807) is 0 Å². The SMILES string of the molecule is O=P(O)(O)CCC(F)(F)F. The third-order valence-electron chi connectivity index (χ3n) is 0.687. The van der Waals surface area contributed by atoms with Gasteiger partial charge in [-0.25, -0.2) is 0 Å². The topological polar surface area (TPSA) is 57.5 Å². The van der Waals surface area contributed by atoms with E-state index in [2.05, 4.69) is 0 Å². The van der Waals surface area contributed by atoms with Crippen molar-refractivity contribution in [3.63, 3.8) is 0 Å². The van der Waals surface area contributed by atoms with Crippen molar-refractivity contribution in [3.05, 3.63) is 0 Å². The van der Waals surface area contributed by atoms with E-state index in [1.807, 2.05) is 0 Å². The summed E-state index contributed by atoms with van der Waals surface area (Å²) in [7, 11) is -4.48. The molecule has 0 bridgehead atoms. The van der Waals surface area contributed by atoms with Gasteiger partial charge in [0.25, 0.3) is 0 Å². The van der Waals surface area contributed by atoms with Crippen molar-refractivity contribution < 1.29 is 27.5 Å². The fraction of sp³-hybridized carbons (Fsp3) is 1.00. The molecule has 3 nitrogen and oxygen atoms in total. The second-order valence-corrected chi connectivity index (χ2v) is 3.53. The lowest BCUT2D eigenvalue weighted by Gasteiger charge is -2.06. The second-order valence-electron chi connectivity index (χ2n) is 1.75. The molecule has 0 aromatic heterocycles. The molecule has 0 fully saturated rings. The normalized spacial score (nSPS) is 13.7. The predicted octanol–water partition coefficient (Wildman–Crippen LogP) is 1.12. The lowest BCUT2D eigenvalue weighted by atomic mass is 10.5. The average Bonchev–Trinajstić information content (AvgIpc) is 1.57. The van der Waals surface area contributed by atoms with Crippen LogP contribution < -0.4 is 0 Å². The molecule has 7 heteroatoms. The third-order valence-corrected chi connectivity index (χ3v) is 1.49. The minimum atomic E-state index is -4.48. The zero-order valence-electron chi connectivity index (χ0n) is 4.80. The van der Waals surface area contributed by atoms with Crippen LogP contribution in [0.15, 0.2) is 0 Å². The number of hydrogen-bond donors (Lipinski definition) is 2. The van der Waals surface area contributed by atoms with E-state index in [1.165, 1.54) is 0 Å². The van der Waals surface area contributed by atoms with Crippen molar-refractivity contribution in [2.45, 2.75) is 12.6 Å². The summed E-state index contributed by atoms with van der Waals surface area (Å²) in [6.07, 6.45) is -7.05. The highest BCUT2D eigenvalue weighted by atomic mass is 31.2. The molecule has 0 amide bonds. The van der Waals surface area contributed by atoms with Gasteiger partial charge in [-0.05, 0) is 0 Å². The smallest absolute Gasteiger partial charge is 0.324 e. The van der Waals surface area contributed by atoms with Gasteiger partial charge in [-0.1, -0.05) is 0 Å². The van der Waals surface area contributed by atoms with E-state index in [9.17, 15) is 17.7 Å². The Morgan fingerprint density at radius 3 is 1.80 bits per heavy atom. The number of alkyl halides is 3. The van der Waals surface area contributed by atoms with Gasteiger partial charge in [-0.2, -0.15) is 13.2 Å². The van der Waals surface area contributed by atoms with E-state index in [-0.39, 0.29) is 0 Å². The quantitative estimate of drug-likeness (QED) is 0.622. The van der Waals surface area contributed by atoms with Gasteiger partial charge in [0.05, 0.1) is 12.6 Å². The van der Waals surface area contributed by atoms with Crippen molar-refractivity contribution in [1.82, 2.24) is 0 Å². The van der Waals surface area contributed by atoms with Crippen LogP contribution in [0.5, 0.6) is 0 Å². The summed E-state index contributed by atoms with van der Waals surface area (Å²) in [4.78, 5) is 16.0. The third kappa shape index (κ3) is 7.94. The second kappa shape index (κ2) is 2.90. The molecule has 10 heavy (non-hydrogen) atoms. The van der Waals surface area contributed by atoms with Crippen LogP contribution in [0.2, 0.25) is 0 Å². The van der Waals surface area contributed by atoms with Crippen LogP contribution in [0.4, 0.5) is 13.2 Å². The highest BCUT2D eigenvalue weighted by molar-refractivity contribution is 7.51. The molecular weight excluding hydrogens is 172 g/mol. The molecule has 0 aliphatic rings. The summed E-state index contributed by atoms with van der Waals surface area (Å²) in [5, 5.41) is 0. The first kappa shape index (κ1) is 9.94. The Kier molecular flexibility index (Phi) is 2.88. The molecule has 62 valence electrons. The van der Waals surface area contributed by atoms with Crippen LogP contribution in [0, 0.1) is 0 Å². The molecule has 0 heterocycles. The molecule has 0 saturated heterocycles. The summed E-state index contributed by atoms with van der Waals surface area (Å²) in [6.45, 7) is 0. The Balaban J connectivity index is 3.67. The maximum absolute atomic E-state index is 11.2. The maximum Gasteiger partial charge on any atom is 0.389 e. The average molecular weight is 178 g/mol. The highest BCUT2D eigenvalue weighted by Crippen LogP contribution is 2.38. The van der Waals surface area contributed by atoms with Gasteiger partial charge in [0.1, 0.15) is 0 Å². The van der Waals surface area contributed by atoms with Crippen molar-refractivity contribution in [1.29, 1.82) is 0 Å². The first-order valence-electron chi connectivity index (χ1n) is 2.32. The van der Waals surface area contributed by atoms with Crippen LogP contribution >= 0.6 is 7.60 Å². The molecule has 0 spiro atoms. The molecular formula is C3H6F3O3P. The molecule has 0 atom stereocenters. The van der Waals surface area contributed by atoms with E-state index < -0.39 is 26.4 Å². The zero-order valence-corrected chi connectivity index (χ0v) is 5.69. The van der Waals surface area contributed by atoms with Gasteiger partial charge in [0.15, 0.2) is 0 Å². The lowest BCUT2D eigenvalue weighted by molar-refractivity contribution is -0.130. The molecule has 0 aliphatic carbocycles. The highest BCUT2D eigenvalue weighted by Gasteiger charge is 2.30. The van der Waals surface area contributed by atoms with Crippen molar-refractivity contribution in [3.8, 4) is 0 Å². The van der Waals surface area contributed by atoms with Crippen molar-refractivity contribution in [2.24, 2.45) is 0 Å². The molecule has 2 N–H and O–H groups in total. The summed E-state index contributed by atoms with van der Waals surface area (Å²) in [5.74, 6) is 0. The fourth-order valence-corrected chi connectivity index (χ4v) is 0.817. The van der Waals surface area contributed by atoms with Gasteiger partial charge in [0, 0.05) is 0 Å². The van der Waals surface area contributed by atoms with Crippen LogP contribution in [-0.4, -0.2) is 22.1 Å². The van der Waals surface area contributed by atoms with Gasteiger partial charge in [0.2, 0.25) is 0 Å². The molecule has 0 rings (SSSR count). The van der Waals surface area contributed by atoms with E-state index in [4.69, 9.17) is 9.79 Å². The Morgan fingerprint density at radius 1 is 1.30 bits per heavy atom. The van der Waals surface area contributed by atoms with E-state index >= 15 is 0 Å². The van der Waals surface area contributed by atoms with E-state index in [0.717, 1.165) is 0 Å². The van der Waals surface area contributed by atoms with Gasteiger partial charge in [-0.3, -0.25) is 4.57 Å². The summed E-state index contributed by atoms with van der Waals surface area (Å²) in [6, 6.07) is 0. The largest absolute Gasteiger partial charge is 0.389 e. The van der Waals surface area contributed by atoms with Crippen LogP contribution in [-0.2, 0) is 4.57 Å². The minimum Gasteiger partial charge on any atom is -0.324 e. The molecule has 0 aromatic rings. The maximum atomic E-state index is 11.2. The Bertz CT molecular complexity index is 148. The number of rotatable bonds is 2. The molecule has 0 radical (unpaired) electrons. The van der Waals surface area contributed by atoms with Crippen LogP contribution in [0.25, 0.3) is 0 Å². The Labute approximate surface area is 55.0 Å². The molecule has 0 saturated carbocycles. The standard InChI is InChI=1S/C3H6F3O3P/c4-3(5,6)1-2-10(7,8)9/h1-2H2,(H2,7,8,9). The summed E-state index contributed by atoms with van der Waals surface area (Å²) >= 11 is 0. The Morgan fingerprint density at radius 2 is 1.70 bits per heavy atom. The Hall–Kier alpha value is -0.0600. The molecule has 0 aromatic carbocycles. The number of halogens is 3. The molecule has 0 unspecified atom stereocenters. The number of hydrogen-bond acceptors (Lipinski definition) is 1. The van der Waals surface area contributed by atoms with Gasteiger partial charge in [-0.15, -0.1) is 0 Å². The fourth-order valence-electron chi connectivity index (χ4n) is 0.272. The summed E-state index contributed by atoms with van der Waals surface area (Å²) in [5.41, 5.74) is 0. The first-order valence-corrected chi connectivity index (χ1v) is 4.12. The van der Waals surface area contributed by atoms with Crippen LogP contribution in [0.1, 0.15) is 6.42 Å². The minimum absolute atomic E-state index is 1.13. The van der Waals surface area contributed by atoms with E-state index in [0.29, 0.717) is 0 Å². The van der Waals surface area contributed by atoms with Crippen LogP contribution in [0.3, 0.4) is 0 Å². The summed E-state index contributed by atoms with van der Waals surface area (Å²) < 4.78 is 43.6. The zero-order chi connectivity index (χ0) is 8.41. The lowest BCUT2D eigenvalue weighted by Crippen LogP contribution is -2.09. The van der Waals surface area contributed by atoms with Gasteiger partial charge < -0.3 is 9.79 Å². The van der Waals surface area contributed by atoms with Crippen molar-refractivity contribution >= 4 is 7.60 Å².